The molecule has 5 heteroatoms. The molecule has 4 fully saturated rings. The molecule has 7 atom stereocenters. The lowest BCUT2D eigenvalue weighted by Crippen LogP contribution is -2.53. The van der Waals surface area contributed by atoms with Gasteiger partial charge < -0.3 is 5.73 Å². The second-order valence-electron chi connectivity index (χ2n) is 10.3. The predicted octanol–water partition coefficient (Wildman–Crippen LogP) is 4.26. The first-order valence-electron chi connectivity index (χ1n) is 10.9. The maximum absolute atomic E-state index is 12.0. The van der Waals surface area contributed by atoms with E-state index in [-0.39, 0.29) is 5.41 Å². The molecule has 4 rings (SSSR count). The van der Waals surface area contributed by atoms with E-state index in [0.717, 1.165) is 42.7 Å². The highest BCUT2D eigenvalue weighted by Gasteiger charge is 2.60. The number of nitrogens with two attached hydrogens (primary N) is 1. The number of hydrazone groups is 1. The van der Waals surface area contributed by atoms with Gasteiger partial charge in [0, 0.05) is 24.5 Å². The van der Waals surface area contributed by atoms with Crippen molar-refractivity contribution in [2.45, 2.75) is 78.6 Å². The monoisotopic (exact) mass is 373 g/mol. The molecule has 27 heavy (non-hydrogen) atoms. The molecule has 4 aliphatic rings. The van der Waals surface area contributed by atoms with Crippen molar-refractivity contribution in [3.05, 3.63) is 0 Å². The lowest BCUT2D eigenvalue weighted by atomic mass is 9.44. The van der Waals surface area contributed by atoms with Crippen molar-refractivity contribution in [2.75, 3.05) is 0 Å². The third-order valence-electron chi connectivity index (χ3n) is 9.33. The van der Waals surface area contributed by atoms with Gasteiger partial charge in [0.25, 0.3) is 0 Å². The third-order valence-corrected chi connectivity index (χ3v) is 9.33. The summed E-state index contributed by atoms with van der Waals surface area (Å²) in [4.78, 5) is 23.1. The molecule has 0 spiro atoms. The molecule has 2 amide bonds. The number of nitrogens with zero attached hydrogens (tertiary/aromatic N) is 1. The van der Waals surface area contributed by atoms with Crippen LogP contribution in [0, 0.1) is 40.4 Å². The minimum atomic E-state index is -0.587. The molecule has 4 aliphatic carbocycles. The lowest BCUT2D eigenvalue weighted by Gasteiger charge is -2.60. The molecule has 0 aromatic heterocycles. The quantitative estimate of drug-likeness (QED) is 0.560. The molecule has 0 aliphatic heterocycles. The largest absolute Gasteiger partial charge is 0.350 e. The highest BCUT2D eigenvalue weighted by molar-refractivity contribution is 5.86. The molecule has 0 unspecified atom stereocenters. The molecular formula is C22H35N3O2. The Hall–Kier alpha value is -1.39. The van der Waals surface area contributed by atoms with E-state index in [1.807, 2.05) is 6.92 Å². The number of rotatable bonds is 2. The number of hydrogen-bond donors (Lipinski definition) is 2. The smallest absolute Gasteiger partial charge is 0.332 e. The summed E-state index contributed by atoms with van der Waals surface area (Å²) in [6.45, 7) is 7.01. The maximum atomic E-state index is 12.0. The molecule has 0 heterocycles. The van der Waals surface area contributed by atoms with Crippen LogP contribution in [0.3, 0.4) is 0 Å². The highest BCUT2D eigenvalue weighted by Crippen LogP contribution is 2.67. The topological polar surface area (TPSA) is 84.5 Å². The van der Waals surface area contributed by atoms with Gasteiger partial charge in [-0.15, -0.1) is 0 Å². The van der Waals surface area contributed by atoms with Crippen LogP contribution in [0.5, 0.6) is 0 Å². The van der Waals surface area contributed by atoms with E-state index >= 15 is 0 Å². The fourth-order valence-electron chi connectivity index (χ4n) is 7.95. The van der Waals surface area contributed by atoms with Crippen molar-refractivity contribution >= 4 is 17.5 Å². The van der Waals surface area contributed by atoms with Gasteiger partial charge in [-0.05, 0) is 86.4 Å². The number of fused-ring (bicyclic) bond motifs is 5. The Morgan fingerprint density at radius 1 is 1.07 bits per heavy atom. The minimum Gasteiger partial charge on any atom is -0.350 e. The predicted molar refractivity (Wildman–Crippen MR) is 106 cm³/mol. The van der Waals surface area contributed by atoms with Crippen molar-refractivity contribution in [2.24, 2.45) is 51.3 Å². The number of amides is 2. The zero-order valence-corrected chi connectivity index (χ0v) is 17.1. The zero-order chi connectivity index (χ0) is 19.4. The van der Waals surface area contributed by atoms with Gasteiger partial charge in [-0.3, -0.25) is 4.79 Å². The summed E-state index contributed by atoms with van der Waals surface area (Å²) in [5.41, 5.74) is 9.31. The van der Waals surface area contributed by atoms with Crippen LogP contribution in [0.1, 0.15) is 78.6 Å². The first-order valence-corrected chi connectivity index (χ1v) is 10.9. The number of ketones is 1. The van der Waals surface area contributed by atoms with Crippen LogP contribution in [-0.2, 0) is 4.79 Å². The van der Waals surface area contributed by atoms with Crippen molar-refractivity contribution < 1.29 is 9.59 Å². The van der Waals surface area contributed by atoms with Crippen LogP contribution in [0.15, 0.2) is 5.10 Å². The van der Waals surface area contributed by atoms with Gasteiger partial charge in [-0.1, -0.05) is 13.8 Å². The lowest BCUT2D eigenvalue weighted by molar-refractivity contribution is -0.138. The molecule has 0 aromatic carbocycles. The van der Waals surface area contributed by atoms with Crippen LogP contribution in [0.2, 0.25) is 0 Å². The van der Waals surface area contributed by atoms with Crippen LogP contribution >= 0.6 is 0 Å². The molecule has 0 saturated heterocycles. The Kier molecular flexibility index (Phi) is 4.63. The van der Waals surface area contributed by atoms with Crippen molar-refractivity contribution in [3.63, 3.8) is 0 Å². The van der Waals surface area contributed by atoms with Gasteiger partial charge in [-0.25, -0.2) is 10.2 Å². The highest BCUT2D eigenvalue weighted by atomic mass is 16.2. The van der Waals surface area contributed by atoms with Gasteiger partial charge >= 0.3 is 6.03 Å². The minimum absolute atomic E-state index is 0.280. The molecule has 3 N–H and O–H groups in total. The van der Waals surface area contributed by atoms with Crippen LogP contribution < -0.4 is 11.2 Å². The number of urea groups is 1. The van der Waals surface area contributed by atoms with Gasteiger partial charge in [0.15, 0.2) is 0 Å². The first-order chi connectivity index (χ1) is 12.8. The summed E-state index contributed by atoms with van der Waals surface area (Å²) in [6.07, 6.45) is 10.2. The fraction of sp³-hybridized carbons (Fsp3) is 0.864. The second kappa shape index (κ2) is 6.59. The summed E-state index contributed by atoms with van der Waals surface area (Å²) >= 11 is 0. The Morgan fingerprint density at radius 3 is 2.56 bits per heavy atom. The zero-order valence-electron chi connectivity index (χ0n) is 17.1. The van der Waals surface area contributed by atoms with E-state index in [2.05, 4.69) is 24.4 Å². The summed E-state index contributed by atoms with van der Waals surface area (Å²) < 4.78 is 0. The summed E-state index contributed by atoms with van der Waals surface area (Å²) in [7, 11) is 0. The maximum Gasteiger partial charge on any atom is 0.332 e. The van der Waals surface area contributed by atoms with Crippen LogP contribution in [0.4, 0.5) is 4.79 Å². The third kappa shape index (κ3) is 2.92. The molecule has 150 valence electrons. The van der Waals surface area contributed by atoms with Gasteiger partial charge in [0.1, 0.15) is 5.78 Å². The molecule has 0 radical (unpaired) electrons. The number of nitrogens with one attached hydrogen (secondary N) is 1. The van der Waals surface area contributed by atoms with E-state index in [1.165, 1.54) is 38.5 Å². The number of carbonyl (C=O) groups is 2. The standard InChI is InChI=1S/C22H35N3O2/c1-13(24-25-20(23)27)17-6-7-18-16-5-4-14-12-15(26)8-10-21(14,2)19(16)9-11-22(17,18)3/h14,16-19H,4-12H2,1-3H3,(H3,23,25,27)/b24-13-/t14-,16+,17-,18+,19+,21-,22-/m0/s1. The molecular weight excluding hydrogens is 338 g/mol. The molecule has 0 bridgehead atoms. The Bertz CT molecular complexity index is 674. The van der Waals surface area contributed by atoms with E-state index in [9.17, 15) is 9.59 Å². The van der Waals surface area contributed by atoms with E-state index in [1.54, 1.807) is 0 Å². The average molecular weight is 374 g/mol. The molecule has 5 nitrogen and oxygen atoms in total. The fourth-order valence-corrected chi connectivity index (χ4v) is 7.95. The molecule has 4 saturated carbocycles. The van der Waals surface area contributed by atoms with Gasteiger partial charge in [0.05, 0.1) is 0 Å². The van der Waals surface area contributed by atoms with Gasteiger partial charge in [0.2, 0.25) is 0 Å². The Balaban J connectivity index is 1.56. The molecule has 0 aromatic rings. The average Bonchev–Trinajstić information content (AvgIpc) is 2.97. The number of hydrogen-bond acceptors (Lipinski definition) is 3. The summed E-state index contributed by atoms with van der Waals surface area (Å²) in [5.74, 6) is 3.86. The van der Waals surface area contributed by atoms with E-state index in [4.69, 9.17) is 5.73 Å². The number of carbonyl (C=O) groups excluding carboxylic acids is 2. The van der Waals surface area contributed by atoms with E-state index < -0.39 is 6.03 Å². The van der Waals surface area contributed by atoms with Gasteiger partial charge in [-0.2, -0.15) is 5.10 Å². The van der Waals surface area contributed by atoms with Crippen molar-refractivity contribution in [3.8, 4) is 0 Å². The van der Waals surface area contributed by atoms with Crippen LogP contribution in [-0.4, -0.2) is 17.5 Å². The summed E-state index contributed by atoms with van der Waals surface area (Å²) in [5, 5.41) is 4.29. The summed E-state index contributed by atoms with van der Waals surface area (Å²) in [6, 6.07) is -0.587. The number of Topliss-reactive ketones (excluding diaryl/α,β-unsaturated/α-hetero) is 1. The first kappa shape index (κ1) is 18.9. The van der Waals surface area contributed by atoms with E-state index in [0.29, 0.717) is 23.0 Å². The second-order valence-corrected chi connectivity index (χ2v) is 10.3. The van der Waals surface area contributed by atoms with Crippen LogP contribution in [0.25, 0.3) is 0 Å². The van der Waals surface area contributed by atoms with Crippen molar-refractivity contribution in [1.82, 2.24) is 5.43 Å². The number of primary amides is 1. The normalized spacial score (nSPS) is 47.0. The van der Waals surface area contributed by atoms with Crippen molar-refractivity contribution in [1.29, 1.82) is 0 Å². The Morgan fingerprint density at radius 2 is 1.81 bits per heavy atom. The Labute approximate surface area is 162 Å². The SMILES string of the molecule is C/C(=N/NC(N)=O)[C@@H]1CC[C@@H]2[C@H]3CC[C@H]4CC(=O)CC[C@]4(C)[C@@H]3CC[C@]21C.